The fourth-order valence-corrected chi connectivity index (χ4v) is 3.69. The molecular weight excluding hydrogens is 443 g/mol. The second kappa shape index (κ2) is 18.1. The van der Waals surface area contributed by atoms with Crippen molar-refractivity contribution in [2.75, 3.05) is 6.54 Å². The highest BCUT2D eigenvalue weighted by Gasteiger charge is 2.43. The van der Waals surface area contributed by atoms with Gasteiger partial charge in [0, 0.05) is 6.54 Å². The molecule has 0 amide bonds. The molecule has 9 heteroatoms. The highest BCUT2D eigenvalue weighted by atomic mass is 19.4. The minimum absolute atomic E-state index is 0.219. The summed E-state index contributed by atoms with van der Waals surface area (Å²) in [6.07, 6.45) is 6.50. The van der Waals surface area contributed by atoms with Crippen LogP contribution in [0.1, 0.15) is 116 Å². The van der Waals surface area contributed by atoms with Crippen molar-refractivity contribution in [2.24, 2.45) is 10.7 Å². The number of carbonyl (C=O) groups is 1. The Labute approximate surface area is 195 Å². The second-order valence-corrected chi connectivity index (χ2v) is 8.92. The molecule has 3 N–H and O–H groups in total. The van der Waals surface area contributed by atoms with Gasteiger partial charge in [0.2, 0.25) is 0 Å². The fourth-order valence-electron chi connectivity index (χ4n) is 3.69. The third kappa shape index (κ3) is 15.3. The van der Waals surface area contributed by atoms with Crippen LogP contribution < -0.4 is 5.73 Å². The monoisotopic (exact) mass is 486 g/mol. The van der Waals surface area contributed by atoms with E-state index in [0.717, 1.165) is 19.3 Å². The Hall–Kier alpha value is -1.25. The molecule has 196 valence electrons. The van der Waals surface area contributed by atoms with E-state index in [4.69, 9.17) is 10.8 Å². The lowest BCUT2D eigenvalue weighted by atomic mass is 9.95. The molecule has 0 aliphatic heterocycles. The lowest BCUT2D eigenvalue weighted by Crippen LogP contribution is -2.54. The first-order chi connectivity index (χ1) is 15.6. The fraction of sp³-hybridized carbons (Fsp3) is 0.917. The number of aliphatic imine (C=N–C) groups is 1. The number of aliphatic carboxylic acids is 1. The highest BCUT2D eigenvalue weighted by molar-refractivity contribution is 5.89. The van der Waals surface area contributed by atoms with E-state index in [0.29, 0.717) is 12.8 Å². The largest absolute Gasteiger partial charge is 0.480 e. The Bertz CT molecular complexity index is 541. The molecule has 0 aromatic rings. The van der Waals surface area contributed by atoms with Crippen LogP contribution in [0.4, 0.5) is 22.0 Å². The molecule has 0 saturated carbocycles. The van der Waals surface area contributed by atoms with Crippen LogP contribution in [0.2, 0.25) is 0 Å². The molecule has 33 heavy (non-hydrogen) atoms. The number of nitrogens with two attached hydrogens (primary N) is 1. The van der Waals surface area contributed by atoms with E-state index in [1.54, 1.807) is 0 Å². The lowest BCUT2D eigenvalue weighted by molar-refractivity contribution is -0.150. The quantitative estimate of drug-likeness (QED) is 0.0992. The van der Waals surface area contributed by atoms with Gasteiger partial charge in [-0.2, -0.15) is 13.2 Å². The molecule has 1 atom stereocenters. The molecule has 4 nitrogen and oxygen atoms in total. The normalized spacial score (nSPS) is 14.6. The topological polar surface area (TPSA) is 75.7 Å². The molecule has 0 spiro atoms. The number of carboxylic acid groups (broad SMARTS) is 1. The minimum Gasteiger partial charge on any atom is -0.480 e. The molecule has 0 aromatic carbocycles. The van der Waals surface area contributed by atoms with Crippen molar-refractivity contribution < 1.29 is 31.9 Å². The summed E-state index contributed by atoms with van der Waals surface area (Å²) in [6.45, 7) is 1.83. The minimum atomic E-state index is -4.58. The molecule has 0 fully saturated rings. The van der Waals surface area contributed by atoms with Crippen molar-refractivity contribution in [3.05, 3.63) is 0 Å². The number of rotatable bonds is 21. The van der Waals surface area contributed by atoms with Crippen LogP contribution in [0, 0.1) is 0 Å². The van der Waals surface area contributed by atoms with E-state index in [2.05, 4.69) is 11.9 Å². The smallest absolute Gasteiger partial charge is 0.429 e. The SMILES string of the molecule is CCCCCCCCCCCCCCCC/C(=N/CCCC(N)(C(=O)O)C(F)F)C(F)(F)F. The van der Waals surface area contributed by atoms with Crippen LogP contribution >= 0.6 is 0 Å². The Balaban J connectivity index is 4.00. The van der Waals surface area contributed by atoms with Gasteiger partial charge in [0.15, 0.2) is 5.54 Å². The van der Waals surface area contributed by atoms with Gasteiger partial charge in [-0.25, -0.2) is 13.6 Å². The van der Waals surface area contributed by atoms with Crippen molar-refractivity contribution in [2.45, 2.75) is 134 Å². The third-order valence-electron chi connectivity index (χ3n) is 5.93. The molecule has 0 saturated heterocycles. The predicted molar refractivity (Wildman–Crippen MR) is 123 cm³/mol. The summed E-state index contributed by atoms with van der Waals surface area (Å²) >= 11 is 0. The number of alkyl halides is 5. The van der Waals surface area contributed by atoms with Gasteiger partial charge < -0.3 is 10.8 Å². The summed E-state index contributed by atoms with van der Waals surface area (Å²) in [5.41, 5.74) is 1.48. The number of unbranched alkanes of at least 4 members (excludes halogenated alkanes) is 13. The average Bonchev–Trinajstić information content (AvgIpc) is 2.73. The predicted octanol–water partition coefficient (Wildman–Crippen LogP) is 7.69. The summed E-state index contributed by atoms with van der Waals surface area (Å²) in [6, 6.07) is 0. The maximum absolute atomic E-state index is 13.1. The maximum Gasteiger partial charge on any atom is 0.429 e. The zero-order valence-electron chi connectivity index (χ0n) is 20.1. The molecule has 1 unspecified atom stereocenters. The van der Waals surface area contributed by atoms with Crippen LogP contribution in [-0.4, -0.2) is 41.5 Å². The Morgan fingerprint density at radius 1 is 0.818 bits per heavy atom. The van der Waals surface area contributed by atoms with Crippen molar-refractivity contribution >= 4 is 11.7 Å². The first kappa shape index (κ1) is 31.8. The van der Waals surface area contributed by atoms with Gasteiger partial charge in [0.25, 0.3) is 6.43 Å². The average molecular weight is 487 g/mol. The van der Waals surface area contributed by atoms with Gasteiger partial charge in [-0.05, 0) is 25.7 Å². The molecular formula is C24H43F5N2O2. The van der Waals surface area contributed by atoms with Crippen LogP contribution in [0.3, 0.4) is 0 Å². The summed E-state index contributed by atoms with van der Waals surface area (Å²) in [5.74, 6) is -1.88. The number of hydrogen-bond donors (Lipinski definition) is 2. The Morgan fingerprint density at radius 3 is 1.61 bits per heavy atom. The van der Waals surface area contributed by atoms with Crippen molar-refractivity contribution in [3.8, 4) is 0 Å². The van der Waals surface area contributed by atoms with Gasteiger partial charge in [-0.1, -0.05) is 90.4 Å². The van der Waals surface area contributed by atoms with Crippen LogP contribution in [0.15, 0.2) is 4.99 Å². The van der Waals surface area contributed by atoms with E-state index < -0.39 is 36.2 Å². The van der Waals surface area contributed by atoms with Crippen LogP contribution in [0.25, 0.3) is 0 Å². The summed E-state index contributed by atoms with van der Waals surface area (Å²) in [7, 11) is 0. The second-order valence-electron chi connectivity index (χ2n) is 8.92. The molecule has 0 bridgehead atoms. The first-order valence-electron chi connectivity index (χ1n) is 12.5. The summed E-state index contributed by atoms with van der Waals surface area (Å²) < 4.78 is 65.0. The van der Waals surface area contributed by atoms with Crippen molar-refractivity contribution in [3.63, 3.8) is 0 Å². The molecule has 0 aliphatic carbocycles. The van der Waals surface area contributed by atoms with Gasteiger partial charge in [0.1, 0.15) is 5.71 Å². The first-order valence-corrected chi connectivity index (χ1v) is 12.5. The molecule has 0 aliphatic rings. The zero-order valence-corrected chi connectivity index (χ0v) is 20.1. The number of halogens is 5. The highest BCUT2D eigenvalue weighted by Crippen LogP contribution is 2.23. The number of hydrogen-bond acceptors (Lipinski definition) is 3. The molecule has 0 heterocycles. The summed E-state index contributed by atoms with van der Waals surface area (Å²) in [4.78, 5) is 14.4. The van der Waals surface area contributed by atoms with Crippen LogP contribution in [0.5, 0.6) is 0 Å². The van der Waals surface area contributed by atoms with Gasteiger partial charge in [0.05, 0.1) is 0 Å². The third-order valence-corrected chi connectivity index (χ3v) is 5.93. The Morgan fingerprint density at radius 2 is 1.24 bits per heavy atom. The molecule has 0 rings (SSSR count). The van der Waals surface area contributed by atoms with E-state index in [9.17, 15) is 26.7 Å². The van der Waals surface area contributed by atoms with Crippen molar-refractivity contribution in [1.29, 1.82) is 0 Å². The molecule has 0 aromatic heterocycles. The standard InChI is InChI=1S/C24H43F5N2O2/c1-2-3-4-5-6-7-8-9-10-11-12-13-14-15-17-20(24(27,28)29)31-19-16-18-23(30,21(25)26)22(32)33/h21H,2-19,30H2,1H3,(H,32,33)/b31-20-. The lowest BCUT2D eigenvalue weighted by Gasteiger charge is -2.23. The van der Waals surface area contributed by atoms with Crippen LogP contribution in [-0.2, 0) is 4.79 Å². The Kier molecular flexibility index (Phi) is 17.4. The van der Waals surface area contributed by atoms with Gasteiger partial charge >= 0.3 is 12.1 Å². The molecule has 0 radical (unpaired) electrons. The van der Waals surface area contributed by atoms with E-state index >= 15 is 0 Å². The maximum atomic E-state index is 13.1. The summed E-state index contributed by atoms with van der Waals surface area (Å²) in [5, 5.41) is 8.81. The van der Waals surface area contributed by atoms with E-state index in [1.807, 2.05) is 0 Å². The van der Waals surface area contributed by atoms with E-state index in [1.165, 1.54) is 57.8 Å². The van der Waals surface area contributed by atoms with Gasteiger partial charge in [-0.15, -0.1) is 0 Å². The number of nitrogens with zero attached hydrogens (tertiary/aromatic N) is 1. The van der Waals surface area contributed by atoms with E-state index in [-0.39, 0.29) is 19.4 Å². The number of carboxylic acids is 1. The zero-order chi connectivity index (χ0) is 25.2. The van der Waals surface area contributed by atoms with Gasteiger partial charge in [-0.3, -0.25) is 4.99 Å². The van der Waals surface area contributed by atoms with Crippen molar-refractivity contribution in [1.82, 2.24) is 0 Å².